The first-order valence-electron chi connectivity index (χ1n) is 5.95. The molecule has 3 N–H and O–H groups in total. The number of carbonyl (C=O) groups is 1. The molecule has 0 spiro atoms. The number of halogens is 1. The van der Waals surface area contributed by atoms with E-state index in [0.717, 1.165) is 11.1 Å². The van der Waals surface area contributed by atoms with Crippen LogP contribution in [0.1, 0.15) is 11.1 Å². The van der Waals surface area contributed by atoms with Gasteiger partial charge in [0.05, 0.1) is 17.1 Å². The number of nitrogens with two attached hydrogens (primary N) is 1. The van der Waals surface area contributed by atoms with Gasteiger partial charge in [0, 0.05) is 5.69 Å². The number of nitrogens with one attached hydrogen (secondary N) is 1. The maximum atomic E-state index is 11.9. The molecule has 19 heavy (non-hydrogen) atoms. The van der Waals surface area contributed by atoms with Gasteiger partial charge in [-0.1, -0.05) is 41.4 Å². The Morgan fingerprint density at radius 2 is 2.05 bits per heavy atom. The van der Waals surface area contributed by atoms with Crippen molar-refractivity contribution in [3.05, 3.63) is 58.6 Å². The zero-order valence-electron chi connectivity index (χ0n) is 10.6. The molecule has 0 saturated carbocycles. The van der Waals surface area contributed by atoms with E-state index in [4.69, 9.17) is 17.3 Å². The number of rotatable bonds is 3. The van der Waals surface area contributed by atoms with E-state index >= 15 is 0 Å². The lowest BCUT2D eigenvalue weighted by molar-refractivity contribution is -0.115. The fourth-order valence-corrected chi connectivity index (χ4v) is 2.01. The van der Waals surface area contributed by atoms with Crippen molar-refractivity contribution in [2.45, 2.75) is 13.3 Å². The minimum absolute atomic E-state index is 0.113. The summed E-state index contributed by atoms with van der Waals surface area (Å²) in [4.78, 5) is 11.9. The smallest absolute Gasteiger partial charge is 0.228 e. The maximum Gasteiger partial charge on any atom is 0.228 e. The molecule has 3 nitrogen and oxygen atoms in total. The fourth-order valence-electron chi connectivity index (χ4n) is 1.84. The van der Waals surface area contributed by atoms with Gasteiger partial charge in [-0.05, 0) is 30.7 Å². The van der Waals surface area contributed by atoms with Gasteiger partial charge in [-0.15, -0.1) is 0 Å². The highest BCUT2D eigenvalue weighted by molar-refractivity contribution is 6.33. The number of anilines is 2. The summed E-state index contributed by atoms with van der Waals surface area (Å²) in [6.07, 6.45) is 0.312. The molecule has 0 fully saturated rings. The van der Waals surface area contributed by atoms with Crippen LogP contribution in [0.25, 0.3) is 0 Å². The number of nitrogen functional groups attached to an aromatic ring is 1. The minimum Gasteiger partial charge on any atom is -0.399 e. The molecule has 2 rings (SSSR count). The average molecular weight is 275 g/mol. The zero-order valence-corrected chi connectivity index (χ0v) is 11.4. The SMILES string of the molecule is Cc1cccc(CC(=O)Nc2cc(N)ccc2Cl)c1. The third-order valence-corrected chi connectivity index (χ3v) is 3.04. The Labute approximate surface area is 117 Å². The topological polar surface area (TPSA) is 55.1 Å². The summed E-state index contributed by atoms with van der Waals surface area (Å²) in [5.41, 5.74) is 8.87. The third kappa shape index (κ3) is 3.73. The molecular weight excluding hydrogens is 260 g/mol. The first kappa shape index (κ1) is 13.4. The highest BCUT2D eigenvalue weighted by atomic mass is 35.5. The molecule has 98 valence electrons. The van der Waals surface area contributed by atoms with Crippen LogP contribution in [0.15, 0.2) is 42.5 Å². The molecule has 0 aliphatic heterocycles. The second-order valence-electron chi connectivity index (χ2n) is 4.45. The van der Waals surface area contributed by atoms with E-state index in [9.17, 15) is 4.79 Å². The van der Waals surface area contributed by atoms with E-state index in [2.05, 4.69) is 5.32 Å². The van der Waals surface area contributed by atoms with Crippen molar-refractivity contribution >= 4 is 28.9 Å². The first-order valence-corrected chi connectivity index (χ1v) is 6.33. The fraction of sp³-hybridized carbons (Fsp3) is 0.133. The van der Waals surface area contributed by atoms with Crippen molar-refractivity contribution in [3.8, 4) is 0 Å². The van der Waals surface area contributed by atoms with Gasteiger partial charge >= 0.3 is 0 Å². The van der Waals surface area contributed by atoms with E-state index in [0.29, 0.717) is 22.8 Å². The summed E-state index contributed by atoms with van der Waals surface area (Å²) in [7, 11) is 0. The first-order chi connectivity index (χ1) is 9.04. The normalized spacial score (nSPS) is 10.2. The Balaban J connectivity index is 2.07. The van der Waals surface area contributed by atoms with Crippen LogP contribution >= 0.6 is 11.6 Å². The van der Waals surface area contributed by atoms with Gasteiger partial charge in [-0.3, -0.25) is 4.79 Å². The Kier molecular flexibility index (Phi) is 4.07. The van der Waals surface area contributed by atoms with Crippen molar-refractivity contribution in [2.75, 3.05) is 11.1 Å². The Morgan fingerprint density at radius 1 is 1.26 bits per heavy atom. The summed E-state index contributed by atoms with van der Waals surface area (Å²) in [6, 6.07) is 12.9. The van der Waals surface area contributed by atoms with Crippen LogP contribution in [-0.2, 0) is 11.2 Å². The second kappa shape index (κ2) is 5.76. The largest absolute Gasteiger partial charge is 0.399 e. The Bertz CT molecular complexity index is 611. The van der Waals surface area contributed by atoms with E-state index in [1.807, 2.05) is 31.2 Å². The molecule has 0 bridgehead atoms. The summed E-state index contributed by atoms with van der Waals surface area (Å²) in [6.45, 7) is 2.00. The molecule has 0 aliphatic carbocycles. The third-order valence-electron chi connectivity index (χ3n) is 2.71. The van der Waals surface area contributed by atoms with Gasteiger partial charge in [0.15, 0.2) is 0 Å². The predicted octanol–water partition coefficient (Wildman–Crippen LogP) is 3.41. The minimum atomic E-state index is -0.113. The molecule has 0 radical (unpaired) electrons. The van der Waals surface area contributed by atoms with Crippen LogP contribution in [0.2, 0.25) is 5.02 Å². The number of carbonyl (C=O) groups excluding carboxylic acids is 1. The van der Waals surface area contributed by atoms with Gasteiger partial charge < -0.3 is 11.1 Å². The molecule has 2 aromatic rings. The summed E-state index contributed by atoms with van der Waals surface area (Å²) < 4.78 is 0. The lowest BCUT2D eigenvalue weighted by Crippen LogP contribution is -2.14. The summed E-state index contributed by atoms with van der Waals surface area (Å²) in [5, 5.41) is 3.25. The molecule has 2 aromatic carbocycles. The van der Waals surface area contributed by atoms with Crippen LogP contribution in [-0.4, -0.2) is 5.91 Å². The van der Waals surface area contributed by atoms with E-state index in [1.165, 1.54) is 0 Å². The molecule has 1 amide bonds. The number of amides is 1. The number of hydrogen-bond acceptors (Lipinski definition) is 2. The molecular formula is C15H15ClN2O. The summed E-state index contributed by atoms with van der Waals surface area (Å²) >= 11 is 6.00. The molecule has 4 heteroatoms. The van der Waals surface area contributed by atoms with Gasteiger partial charge in [0.2, 0.25) is 5.91 Å². The van der Waals surface area contributed by atoms with Gasteiger partial charge in [0.1, 0.15) is 0 Å². The molecule has 0 unspecified atom stereocenters. The van der Waals surface area contributed by atoms with Crippen LogP contribution in [0.3, 0.4) is 0 Å². The van der Waals surface area contributed by atoms with Gasteiger partial charge in [0.25, 0.3) is 0 Å². The summed E-state index contributed by atoms with van der Waals surface area (Å²) in [5.74, 6) is -0.113. The zero-order chi connectivity index (χ0) is 13.8. The highest BCUT2D eigenvalue weighted by Crippen LogP contribution is 2.24. The monoisotopic (exact) mass is 274 g/mol. The van der Waals surface area contributed by atoms with Crippen molar-refractivity contribution in [2.24, 2.45) is 0 Å². The molecule has 0 heterocycles. The van der Waals surface area contributed by atoms with Crippen molar-refractivity contribution in [3.63, 3.8) is 0 Å². The highest BCUT2D eigenvalue weighted by Gasteiger charge is 2.07. The maximum absolute atomic E-state index is 11.9. The molecule has 0 aliphatic rings. The van der Waals surface area contributed by atoms with Crippen molar-refractivity contribution in [1.82, 2.24) is 0 Å². The van der Waals surface area contributed by atoms with E-state index < -0.39 is 0 Å². The Hall–Kier alpha value is -2.00. The van der Waals surface area contributed by atoms with Crippen LogP contribution < -0.4 is 11.1 Å². The molecule has 0 atom stereocenters. The lowest BCUT2D eigenvalue weighted by Gasteiger charge is -2.08. The van der Waals surface area contributed by atoms with Crippen LogP contribution in [0, 0.1) is 6.92 Å². The van der Waals surface area contributed by atoms with Crippen LogP contribution in [0.4, 0.5) is 11.4 Å². The van der Waals surface area contributed by atoms with Crippen LogP contribution in [0.5, 0.6) is 0 Å². The van der Waals surface area contributed by atoms with Gasteiger partial charge in [-0.2, -0.15) is 0 Å². The van der Waals surface area contributed by atoms with Gasteiger partial charge in [-0.25, -0.2) is 0 Å². The molecule has 0 aromatic heterocycles. The molecule has 0 saturated heterocycles. The second-order valence-corrected chi connectivity index (χ2v) is 4.86. The standard InChI is InChI=1S/C15H15ClN2O/c1-10-3-2-4-11(7-10)8-15(19)18-14-9-12(17)5-6-13(14)16/h2-7,9H,8,17H2,1H3,(H,18,19). The lowest BCUT2D eigenvalue weighted by atomic mass is 10.1. The number of benzene rings is 2. The quantitative estimate of drug-likeness (QED) is 0.843. The average Bonchev–Trinajstić information content (AvgIpc) is 2.34. The number of hydrogen-bond donors (Lipinski definition) is 2. The van der Waals surface area contributed by atoms with E-state index in [-0.39, 0.29) is 5.91 Å². The van der Waals surface area contributed by atoms with Crippen molar-refractivity contribution in [1.29, 1.82) is 0 Å². The number of aryl methyl sites for hydroxylation is 1. The van der Waals surface area contributed by atoms with Crippen molar-refractivity contribution < 1.29 is 4.79 Å². The Morgan fingerprint density at radius 3 is 2.79 bits per heavy atom. The predicted molar refractivity (Wildman–Crippen MR) is 79.4 cm³/mol. The van der Waals surface area contributed by atoms with E-state index in [1.54, 1.807) is 18.2 Å².